The van der Waals surface area contributed by atoms with Gasteiger partial charge in [-0.2, -0.15) is 0 Å². The summed E-state index contributed by atoms with van der Waals surface area (Å²) in [6, 6.07) is 14.7. The van der Waals surface area contributed by atoms with Gasteiger partial charge in [0.1, 0.15) is 12.3 Å². The van der Waals surface area contributed by atoms with E-state index in [9.17, 15) is 13.2 Å². The largest absolute Gasteiger partial charge is 0.494 e. The van der Waals surface area contributed by atoms with Crippen molar-refractivity contribution >= 4 is 27.3 Å². The number of amides is 1. The third kappa shape index (κ3) is 6.13. The van der Waals surface area contributed by atoms with Crippen molar-refractivity contribution in [2.45, 2.75) is 32.7 Å². The lowest BCUT2D eigenvalue weighted by Gasteiger charge is -2.24. The number of anilines is 2. The van der Waals surface area contributed by atoms with Gasteiger partial charge in [-0.3, -0.25) is 9.10 Å². The molecule has 7 nitrogen and oxygen atoms in total. The third-order valence-electron chi connectivity index (χ3n) is 5.35. The van der Waals surface area contributed by atoms with Crippen molar-refractivity contribution < 1.29 is 17.9 Å². The zero-order valence-corrected chi connectivity index (χ0v) is 19.2. The molecule has 2 aromatic carbocycles. The van der Waals surface area contributed by atoms with Gasteiger partial charge >= 0.3 is 0 Å². The SMILES string of the molecule is CCOc1cccc(N(CC(=O)NC(C)c2ccc(N3CCCC3)cc2)S(C)(=O)=O)c1. The number of hydrogen-bond acceptors (Lipinski definition) is 5. The number of nitrogens with zero attached hydrogens (tertiary/aromatic N) is 2. The number of sulfonamides is 1. The molecule has 2 aromatic rings. The van der Waals surface area contributed by atoms with Gasteiger partial charge in [0, 0.05) is 24.8 Å². The van der Waals surface area contributed by atoms with E-state index in [0.29, 0.717) is 18.0 Å². The molecular weight excluding hydrogens is 414 g/mol. The number of nitrogens with one attached hydrogen (secondary N) is 1. The first-order valence-corrected chi connectivity index (χ1v) is 12.5. The molecule has 0 radical (unpaired) electrons. The first-order chi connectivity index (χ1) is 14.8. The van der Waals surface area contributed by atoms with Crippen molar-refractivity contribution in [3.05, 3.63) is 54.1 Å². The minimum atomic E-state index is -3.65. The standard InChI is InChI=1S/C23H31N3O4S/c1-4-30-22-9-7-8-21(16-22)26(31(3,28)29)17-23(27)24-18(2)19-10-12-20(13-11-19)25-14-5-6-15-25/h7-13,16,18H,4-6,14-15,17H2,1-3H3,(H,24,27). The maximum absolute atomic E-state index is 12.7. The molecule has 1 N–H and O–H groups in total. The summed E-state index contributed by atoms with van der Waals surface area (Å²) in [5.41, 5.74) is 2.56. The Bertz CT molecular complexity index is 986. The van der Waals surface area contributed by atoms with Crippen molar-refractivity contribution in [1.29, 1.82) is 0 Å². The van der Waals surface area contributed by atoms with Gasteiger partial charge in [0.2, 0.25) is 15.9 Å². The van der Waals surface area contributed by atoms with Crippen LogP contribution >= 0.6 is 0 Å². The first-order valence-electron chi connectivity index (χ1n) is 10.6. The van der Waals surface area contributed by atoms with E-state index in [0.717, 1.165) is 29.2 Å². The first kappa shape index (κ1) is 22.9. The molecule has 1 aliphatic rings. The molecule has 1 fully saturated rings. The van der Waals surface area contributed by atoms with E-state index in [2.05, 4.69) is 22.3 Å². The van der Waals surface area contributed by atoms with Crippen molar-refractivity contribution in [2.24, 2.45) is 0 Å². The van der Waals surface area contributed by atoms with E-state index in [-0.39, 0.29) is 18.5 Å². The van der Waals surface area contributed by atoms with Gasteiger partial charge in [0.15, 0.2) is 0 Å². The number of hydrogen-bond donors (Lipinski definition) is 1. The monoisotopic (exact) mass is 445 g/mol. The fourth-order valence-electron chi connectivity index (χ4n) is 3.75. The molecule has 1 atom stereocenters. The van der Waals surface area contributed by atoms with Crippen molar-refractivity contribution in [3.63, 3.8) is 0 Å². The summed E-state index contributed by atoms with van der Waals surface area (Å²) < 4.78 is 31.3. The molecule has 168 valence electrons. The van der Waals surface area contributed by atoms with Gasteiger partial charge in [-0.15, -0.1) is 0 Å². The van der Waals surface area contributed by atoms with Gasteiger partial charge in [0.25, 0.3) is 0 Å². The summed E-state index contributed by atoms with van der Waals surface area (Å²) in [5, 5.41) is 2.91. The smallest absolute Gasteiger partial charge is 0.241 e. The van der Waals surface area contributed by atoms with Gasteiger partial charge < -0.3 is 15.0 Å². The molecule has 8 heteroatoms. The predicted octanol–water partition coefficient (Wildman–Crippen LogP) is 3.33. The Labute approximate surface area is 185 Å². The number of benzene rings is 2. The highest BCUT2D eigenvalue weighted by atomic mass is 32.2. The molecule has 0 aromatic heterocycles. The highest BCUT2D eigenvalue weighted by Gasteiger charge is 2.22. The van der Waals surface area contributed by atoms with Crippen LogP contribution in [0.1, 0.15) is 38.3 Å². The summed E-state index contributed by atoms with van der Waals surface area (Å²) in [5.74, 6) is 0.184. The molecule has 1 unspecified atom stereocenters. The Balaban J connectivity index is 1.67. The molecule has 0 aliphatic carbocycles. The Hall–Kier alpha value is -2.74. The van der Waals surface area contributed by atoms with Crippen molar-refractivity contribution in [2.75, 3.05) is 41.7 Å². The third-order valence-corrected chi connectivity index (χ3v) is 6.49. The van der Waals surface area contributed by atoms with Crippen LogP contribution in [0.5, 0.6) is 5.75 Å². The Morgan fingerprint density at radius 3 is 2.45 bits per heavy atom. The van der Waals surface area contributed by atoms with Crippen LogP contribution < -0.4 is 19.3 Å². The van der Waals surface area contributed by atoms with Crippen LogP contribution in [0.4, 0.5) is 11.4 Å². The second-order valence-corrected chi connectivity index (χ2v) is 9.68. The molecule has 31 heavy (non-hydrogen) atoms. The maximum Gasteiger partial charge on any atom is 0.241 e. The van der Waals surface area contributed by atoms with E-state index in [1.807, 2.05) is 26.0 Å². The summed E-state index contributed by atoms with van der Waals surface area (Å²) in [4.78, 5) is 15.0. The molecule has 0 saturated carbocycles. The van der Waals surface area contributed by atoms with Crippen molar-refractivity contribution in [3.8, 4) is 5.75 Å². The minimum absolute atomic E-state index is 0.240. The Morgan fingerprint density at radius 1 is 1.16 bits per heavy atom. The van der Waals surface area contributed by atoms with E-state index in [1.54, 1.807) is 24.3 Å². The molecule has 1 aliphatic heterocycles. The lowest BCUT2D eigenvalue weighted by atomic mass is 10.1. The normalized spacial score (nSPS) is 14.9. The van der Waals surface area contributed by atoms with Gasteiger partial charge in [-0.05, 0) is 56.5 Å². The van der Waals surface area contributed by atoms with E-state index >= 15 is 0 Å². The molecular formula is C23H31N3O4S. The summed E-state index contributed by atoms with van der Waals surface area (Å²) in [6.07, 6.45) is 3.53. The van der Waals surface area contributed by atoms with E-state index < -0.39 is 10.0 Å². The van der Waals surface area contributed by atoms with Gasteiger partial charge in [-0.1, -0.05) is 18.2 Å². The topological polar surface area (TPSA) is 79.0 Å². The van der Waals surface area contributed by atoms with Crippen molar-refractivity contribution in [1.82, 2.24) is 5.32 Å². The fraction of sp³-hybridized carbons (Fsp3) is 0.435. The number of ether oxygens (including phenoxy) is 1. The predicted molar refractivity (Wildman–Crippen MR) is 124 cm³/mol. The van der Waals surface area contributed by atoms with E-state index in [4.69, 9.17) is 4.74 Å². The average Bonchev–Trinajstić information content (AvgIpc) is 3.27. The highest BCUT2D eigenvalue weighted by Crippen LogP contribution is 2.24. The lowest BCUT2D eigenvalue weighted by molar-refractivity contribution is -0.120. The molecule has 1 heterocycles. The Kier molecular flexibility index (Phi) is 7.43. The van der Waals surface area contributed by atoms with Crippen LogP contribution in [0.25, 0.3) is 0 Å². The lowest BCUT2D eigenvalue weighted by Crippen LogP contribution is -2.41. The van der Waals surface area contributed by atoms with Crippen LogP contribution in [0, 0.1) is 0 Å². The van der Waals surface area contributed by atoms with Crippen LogP contribution in [0.15, 0.2) is 48.5 Å². The molecule has 3 rings (SSSR count). The van der Waals surface area contributed by atoms with Crippen LogP contribution in [-0.4, -0.2) is 46.8 Å². The summed E-state index contributed by atoms with van der Waals surface area (Å²) >= 11 is 0. The zero-order valence-electron chi connectivity index (χ0n) is 18.4. The van der Waals surface area contributed by atoms with Gasteiger partial charge in [-0.25, -0.2) is 8.42 Å². The maximum atomic E-state index is 12.7. The van der Waals surface area contributed by atoms with Crippen LogP contribution in [-0.2, 0) is 14.8 Å². The fourth-order valence-corrected chi connectivity index (χ4v) is 4.59. The minimum Gasteiger partial charge on any atom is -0.494 e. The molecule has 0 bridgehead atoms. The molecule has 1 saturated heterocycles. The van der Waals surface area contributed by atoms with Crippen LogP contribution in [0.2, 0.25) is 0 Å². The van der Waals surface area contributed by atoms with Gasteiger partial charge in [0.05, 0.1) is 24.6 Å². The zero-order chi connectivity index (χ0) is 22.4. The average molecular weight is 446 g/mol. The Morgan fingerprint density at radius 2 is 1.84 bits per heavy atom. The second kappa shape index (κ2) is 10.0. The van der Waals surface area contributed by atoms with Crippen LogP contribution in [0.3, 0.4) is 0 Å². The molecule has 0 spiro atoms. The number of rotatable bonds is 9. The number of carbonyl (C=O) groups excluding carboxylic acids is 1. The molecule has 1 amide bonds. The highest BCUT2D eigenvalue weighted by molar-refractivity contribution is 7.92. The second-order valence-electron chi connectivity index (χ2n) is 7.77. The summed E-state index contributed by atoms with van der Waals surface area (Å²) in [7, 11) is -3.65. The quantitative estimate of drug-likeness (QED) is 0.641. The number of carbonyl (C=O) groups is 1. The van der Waals surface area contributed by atoms with E-state index in [1.165, 1.54) is 18.5 Å². The summed E-state index contributed by atoms with van der Waals surface area (Å²) in [6.45, 7) is 6.08.